The molecule has 5 nitrogen and oxygen atoms in total. The van der Waals surface area contributed by atoms with Crippen molar-refractivity contribution in [3.63, 3.8) is 0 Å². The molecular weight excluding hydrogens is 220 g/mol. The van der Waals surface area contributed by atoms with E-state index in [2.05, 4.69) is 10.3 Å². The Morgan fingerprint density at radius 3 is 2.59 bits per heavy atom. The molecule has 0 aliphatic rings. The number of hydrogen-bond acceptors (Lipinski definition) is 5. The van der Waals surface area contributed by atoms with Crippen molar-refractivity contribution in [2.24, 2.45) is 0 Å². The lowest BCUT2D eigenvalue weighted by Gasteiger charge is -2.12. The number of hydrogen-bond donors (Lipinski definition) is 1. The Bertz CT molecular complexity index is 571. The molecule has 0 fully saturated rings. The predicted molar refractivity (Wildman–Crippen MR) is 64.1 cm³/mol. The fraction of sp³-hybridized carbons (Fsp3) is 0.250. The molecule has 0 saturated carbocycles. The number of pyridine rings is 1. The molecule has 0 radical (unpaired) electrons. The van der Waals surface area contributed by atoms with E-state index in [1.165, 1.54) is 0 Å². The van der Waals surface area contributed by atoms with E-state index in [1.807, 2.05) is 12.1 Å². The van der Waals surface area contributed by atoms with E-state index in [0.29, 0.717) is 13.2 Å². The summed E-state index contributed by atoms with van der Waals surface area (Å²) in [6.45, 7) is 2.60. The molecule has 1 aromatic heterocycles. The van der Waals surface area contributed by atoms with Gasteiger partial charge in [-0.15, -0.1) is 0 Å². The summed E-state index contributed by atoms with van der Waals surface area (Å²) in [5.74, 6) is 0.145. The first-order valence-electron chi connectivity index (χ1n) is 5.33. The van der Waals surface area contributed by atoms with Gasteiger partial charge < -0.3 is 10.1 Å². The molecule has 2 aromatic rings. The molecule has 1 aromatic carbocycles. The Morgan fingerprint density at radius 2 is 1.94 bits per heavy atom. The fourth-order valence-electron chi connectivity index (χ4n) is 1.50. The molecule has 0 spiro atoms. The molecule has 0 saturated heterocycles. The third-order valence-electron chi connectivity index (χ3n) is 2.37. The molecule has 0 atom stereocenters. The minimum absolute atomic E-state index is 0.145. The van der Waals surface area contributed by atoms with E-state index in [9.17, 15) is 9.59 Å². The maximum Gasteiger partial charge on any atom is 0.272 e. The zero-order valence-electron chi connectivity index (χ0n) is 9.40. The van der Waals surface area contributed by atoms with Crippen LogP contribution in [0.15, 0.2) is 34.1 Å². The summed E-state index contributed by atoms with van der Waals surface area (Å²) in [6, 6.07) is 3.66. The number of anilines is 1. The third kappa shape index (κ3) is 2.18. The van der Waals surface area contributed by atoms with Gasteiger partial charge in [-0.1, -0.05) is 0 Å². The molecule has 0 bridgehead atoms. The van der Waals surface area contributed by atoms with E-state index in [-0.39, 0.29) is 11.4 Å². The SMILES string of the molecule is CCOc1c(NCc2ccncc2)c(=O)c1=O. The van der Waals surface area contributed by atoms with Crippen LogP contribution in [0.3, 0.4) is 0 Å². The fourth-order valence-corrected chi connectivity index (χ4v) is 1.50. The van der Waals surface area contributed by atoms with Gasteiger partial charge in [-0.2, -0.15) is 0 Å². The summed E-state index contributed by atoms with van der Waals surface area (Å²) < 4.78 is 5.10. The zero-order chi connectivity index (χ0) is 12.3. The van der Waals surface area contributed by atoms with Gasteiger partial charge in [0.2, 0.25) is 0 Å². The van der Waals surface area contributed by atoms with Gasteiger partial charge in [0.05, 0.1) is 6.61 Å². The second kappa shape index (κ2) is 4.78. The first kappa shape index (κ1) is 11.3. The van der Waals surface area contributed by atoms with Crippen LogP contribution in [0.5, 0.6) is 5.75 Å². The van der Waals surface area contributed by atoms with E-state index in [1.54, 1.807) is 19.3 Å². The zero-order valence-corrected chi connectivity index (χ0v) is 9.40. The first-order valence-corrected chi connectivity index (χ1v) is 5.33. The number of aromatic nitrogens is 1. The van der Waals surface area contributed by atoms with Crippen LogP contribution in [-0.2, 0) is 6.54 Å². The highest BCUT2D eigenvalue weighted by atomic mass is 16.5. The largest absolute Gasteiger partial charge is 0.488 e. The van der Waals surface area contributed by atoms with Crippen molar-refractivity contribution < 1.29 is 4.74 Å². The van der Waals surface area contributed by atoms with Crippen molar-refractivity contribution in [2.45, 2.75) is 13.5 Å². The number of nitrogens with one attached hydrogen (secondary N) is 1. The number of ether oxygens (including phenoxy) is 1. The van der Waals surface area contributed by atoms with E-state index < -0.39 is 10.9 Å². The van der Waals surface area contributed by atoms with Crippen LogP contribution in [0.1, 0.15) is 12.5 Å². The molecule has 88 valence electrons. The normalized spacial score (nSPS) is 10.4. The Balaban J connectivity index is 2.08. The van der Waals surface area contributed by atoms with Gasteiger partial charge in [-0.3, -0.25) is 14.6 Å². The highest BCUT2D eigenvalue weighted by Crippen LogP contribution is 2.17. The predicted octanol–water partition coefficient (Wildman–Crippen LogP) is 0.688. The lowest BCUT2D eigenvalue weighted by atomic mass is 10.2. The molecule has 1 heterocycles. The second-order valence-corrected chi connectivity index (χ2v) is 3.50. The Labute approximate surface area is 97.8 Å². The minimum Gasteiger partial charge on any atom is -0.488 e. The summed E-state index contributed by atoms with van der Waals surface area (Å²) in [4.78, 5) is 26.4. The average Bonchev–Trinajstić information content (AvgIpc) is 2.38. The molecule has 0 aliphatic heterocycles. The lowest BCUT2D eigenvalue weighted by Crippen LogP contribution is -2.35. The maximum absolute atomic E-state index is 11.3. The average molecular weight is 232 g/mol. The van der Waals surface area contributed by atoms with Crippen LogP contribution in [0.4, 0.5) is 5.69 Å². The van der Waals surface area contributed by atoms with Gasteiger partial charge in [-0.05, 0) is 24.6 Å². The van der Waals surface area contributed by atoms with Crippen LogP contribution in [-0.4, -0.2) is 11.6 Å². The van der Waals surface area contributed by atoms with Crippen LogP contribution in [0, 0.1) is 0 Å². The third-order valence-corrected chi connectivity index (χ3v) is 2.37. The quantitative estimate of drug-likeness (QED) is 0.768. The number of rotatable bonds is 5. The van der Waals surface area contributed by atoms with Crippen LogP contribution < -0.4 is 20.9 Å². The van der Waals surface area contributed by atoms with Crippen molar-refractivity contribution in [1.29, 1.82) is 0 Å². The van der Waals surface area contributed by atoms with Gasteiger partial charge in [0.25, 0.3) is 10.9 Å². The summed E-state index contributed by atoms with van der Waals surface area (Å²) in [5, 5.41) is 2.91. The molecule has 0 amide bonds. The highest BCUT2D eigenvalue weighted by molar-refractivity contribution is 5.61. The monoisotopic (exact) mass is 232 g/mol. The maximum atomic E-state index is 11.3. The molecular formula is C12H12N2O3. The van der Waals surface area contributed by atoms with Crippen molar-refractivity contribution in [3.05, 3.63) is 50.5 Å². The molecule has 0 unspecified atom stereocenters. The Morgan fingerprint density at radius 1 is 1.24 bits per heavy atom. The molecule has 2 rings (SSSR count). The van der Waals surface area contributed by atoms with Crippen molar-refractivity contribution >= 4 is 5.69 Å². The van der Waals surface area contributed by atoms with Gasteiger partial charge in [0, 0.05) is 18.9 Å². The van der Waals surface area contributed by atoms with Crippen molar-refractivity contribution in [1.82, 2.24) is 4.98 Å². The van der Waals surface area contributed by atoms with E-state index in [4.69, 9.17) is 4.74 Å². The molecule has 0 aliphatic carbocycles. The topological polar surface area (TPSA) is 68.3 Å². The Hall–Kier alpha value is -2.17. The standard InChI is InChI=1S/C12H12N2O3/c1-2-17-12-9(10(15)11(12)16)14-7-8-3-5-13-6-4-8/h3-6,14H,2,7H2,1H3. The van der Waals surface area contributed by atoms with Crippen molar-refractivity contribution in [3.8, 4) is 5.75 Å². The first-order chi connectivity index (χ1) is 8.24. The van der Waals surface area contributed by atoms with Crippen LogP contribution >= 0.6 is 0 Å². The molecule has 17 heavy (non-hydrogen) atoms. The smallest absolute Gasteiger partial charge is 0.272 e. The van der Waals surface area contributed by atoms with Crippen LogP contribution in [0.25, 0.3) is 0 Å². The van der Waals surface area contributed by atoms with Gasteiger partial charge in [0.1, 0.15) is 5.69 Å². The second-order valence-electron chi connectivity index (χ2n) is 3.50. The summed E-state index contributed by atoms with van der Waals surface area (Å²) in [6.07, 6.45) is 3.34. The van der Waals surface area contributed by atoms with Crippen molar-refractivity contribution in [2.75, 3.05) is 11.9 Å². The van der Waals surface area contributed by atoms with Gasteiger partial charge in [0.15, 0.2) is 5.75 Å². The van der Waals surface area contributed by atoms with Gasteiger partial charge in [-0.25, -0.2) is 0 Å². The van der Waals surface area contributed by atoms with E-state index >= 15 is 0 Å². The van der Waals surface area contributed by atoms with E-state index in [0.717, 1.165) is 5.56 Å². The molecule has 5 heteroatoms. The highest BCUT2D eigenvalue weighted by Gasteiger charge is 2.21. The summed E-state index contributed by atoms with van der Waals surface area (Å²) >= 11 is 0. The van der Waals surface area contributed by atoms with Crippen LogP contribution in [0.2, 0.25) is 0 Å². The summed E-state index contributed by atoms with van der Waals surface area (Å²) in [7, 11) is 0. The number of nitrogens with zero attached hydrogens (tertiary/aromatic N) is 1. The minimum atomic E-state index is -0.552. The summed E-state index contributed by atoms with van der Waals surface area (Å²) in [5.41, 5.74) is 0.191. The Kier molecular flexibility index (Phi) is 3.18. The lowest BCUT2D eigenvalue weighted by molar-refractivity contribution is 0.334. The van der Waals surface area contributed by atoms with Gasteiger partial charge >= 0.3 is 0 Å². The molecule has 1 N–H and O–H groups in total.